The minimum atomic E-state index is -0.983. The number of hydrogen-bond acceptors (Lipinski definition) is 3. The third kappa shape index (κ3) is 5.59. The first-order chi connectivity index (χ1) is 9.04. The second kappa shape index (κ2) is 8.15. The normalized spacial score (nSPS) is 24.1. The Hall–Kier alpha value is -1.10. The molecule has 0 radical (unpaired) electrons. The largest absolute Gasteiger partial charge is 0.479 e. The van der Waals surface area contributed by atoms with Crippen LogP contribution in [-0.4, -0.2) is 35.2 Å². The zero-order valence-corrected chi connectivity index (χ0v) is 11.9. The van der Waals surface area contributed by atoms with Gasteiger partial charge in [0, 0.05) is 6.04 Å². The van der Waals surface area contributed by atoms with E-state index in [0.717, 1.165) is 12.8 Å². The van der Waals surface area contributed by atoms with Crippen LogP contribution < -0.4 is 5.32 Å². The van der Waals surface area contributed by atoms with Crippen molar-refractivity contribution >= 4 is 11.9 Å². The highest BCUT2D eigenvalue weighted by Gasteiger charge is 2.34. The second-order valence-corrected chi connectivity index (χ2v) is 5.29. The van der Waals surface area contributed by atoms with Crippen LogP contribution in [0, 0.1) is 0 Å². The number of amides is 1. The van der Waals surface area contributed by atoms with Crippen LogP contribution in [0.1, 0.15) is 58.8 Å². The monoisotopic (exact) mass is 271 g/mol. The van der Waals surface area contributed by atoms with Gasteiger partial charge in [-0.15, -0.1) is 0 Å². The highest BCUT2D eigenvalue weighted by molar-refractivity contribution is 5.82. The number of carboxylic acids is 1. The highest BCUT2D eigenvalue weighted by Crippen LogP contribution is 2.20. The summed E-state index contributed by atoms with van der Waals surface area (Å²) in [4.78, 5) is 22.6. The fraction of sp³-hybridized carbons (Fsp3) is 0.857. The van der Waals surface area contributed by atoms with Crippen molar-refractivity contribution < 1.29 is 19.4 Å². The Morgan fingerprint density at radius 2 is 1.95 bits per heavy atom. The van der Waals surface area contributed by atoms with E-state index in [2.05, 4.69) is 12.2 Å². The summed E-state index contributed by atoms with van der Waals surface area (Å²) in [5, 5.41) is 11.7. The van der Waals surface area contributed by atoms with E-state index in [1.165, 1.54) is 19.3 Å². The number of hydrogen-bond donors (Lipinski definition) is 2. The minimum Gasteiger partial charge on any atom is -0.479 e. The Morgan fingerprint density at radius 3 is 2.53 bits per heavy atom. The van der Waals surface area contributed by atoms with Crippen molar-refractivity contribution in [3.63, 3.8) is 0 Å². The lowest BCUT2D eigenvalue weighted by Gasteiger charge is -2.17. The first-order valence-electron chi connectivity index (χ1n) is 7.23. The lowest BCUT2D eigenvalue weighted by Crippen LogP contribution is -2.40. The van der Waals surface area contributed by atoms with Gasteiger partial charge in [0.05, 0.1) is 0 Å². The molecule has 1 fully saturated rings. The Labute approximate surface area is 114 Å². The van der Waals surface area contributed by atoms with Gasteiger partial charge >= 0.3 is 5.97 Å². The SMILES string of the molecule is CCCCCCC(C)NC(=O)[C@@H]1CC[C@H](C(=O)O)O1. The van der Waals surface area contributed by atoms with Crippen LogP contribution in [0.4, 0.5) is 0 Å². The maximum atomic E-state index is 11.9. The minimum absolute atomic E-state index is 0.122. The van der Waals surface area contributed by atoms with Gasteiger partial charge in [0.15, 0.2) is 6.10 Å². The summed E-state index contributed by atoms with van der Waals surface area (Å²) in [6.07, 6.45) is 5.18. The Morgan fingerprint density at radius 1 is 1.26 bits per heavy atom. The van der Waals surface area contributed by atoms with Gasteiger partial charge in [-0.25, -0.2) is 4.79 Å². The smallest absolute Gasteiger partial charge is 0.332 e. The van der Waals surface area contributed by atoms with Crippen molar-refractivity contribution in [2.24, 2.45) is 0 Å². The van der Waals surface area contributed by atoms with Crippen LogP contribution in [0.2, 0.25) is 0 Å². The molecule has 1 unspecified atom stereocenters. The summed E-state index contributed by atoms with van der Waals surface area (Å²) in [5.74, 6) is -1.16. The van der Waals surface area contributed by atoms with Crippen molar-refractivity contribution in [2.45, 2.75) is 77.0 Å². The van der Waals surface area contributed by atoms with Crippen LogP contribution in [0.3, 0.4) is 0 Å². The molecule has 0 saturated carbocycles. The summed E-state index contributed by atoms with van der Waals surface area (Å²) in [7, 11) is 0. The van der Waals surface area contributed by atoms with E-state index in [9.17, 15) is 9.59 Å². The number of nitrogens with one attached hydrogen (secondary N) is 1. The molecule has 0 aromatic carbocycles. The van der Waals surface area contributed by atoms with Gasteiger partial charge in [-0.05, 0) is 26.2 Å². The summed E-state index contributed by atoms with van der Waals surface area (Å²) >= 11 is 0. The molecule has 0 aromatic rings. The summed E-state index contributed by atoms with van der Waals surface area (Å²) in [5.41, 5.74) is 0. The van der Waals surface area contributed by atoms with Crippen molar-refractivity contribution in [1.29, 1.82) is 0 Å². The zero-order valence-electron chi connectivity index (χ0n) is 11.9. The van der Waals surface area contributed by atoms with Crippen LogP contribution in [0.25, 0.3) is 0 Å². The van der Waals surface area contributed by atoms with Crippen molar-refractivity contribution in [3.05, 3.63) is 0 Å². The molecule has 1 heterocycles. The van der Waals surface area contributed by atoms with Gasteiger partial charge in [-0.3, -0.25) is 4.79 Å². The summed E-state index contributed by atoms with van der Waals surface area (Å²) in [6.45, 7) is 4.15. The van der Waals surface area contributed by atoms with Crippen LogP contribution in [-0.2, 0) is 14.3 Å². The number of carbonyl (C=O) groups is 2. The molecule has 3 atom stereocenters. The van der Waals surface area contributed by atoms with Gasteiger partial charge in [-0.1, -0.05) is 32.6 Å². The van der Waals surface area contributed by atoms with E-state index in [1.807, 2.05) is 6.92 Å². The average Bonchev–Trinajstić information content (AvgIpc) is 2.84. The molecule has 0 aromatic heterocycles. The third-order valence-corrected chi connectivity index (χ3v) is 3.47. The van der Waals surface area contributed by atoms with Crippen molar-refractivity contribution in [3.8, 4) is 0 Å². The number of rotatable bonds is 8. The maximum Gasteiger partial charge on any atom is 0.332 e. The van der Waals surface area contributed by atoms with E-state index in [0.29, 0.717) is 12.8 Å². The fourth-order valence-corrected chi connectivity index (χ4v) is 2.30. The van der Waals surface area contributed by atoms with Crippen molar-refractivity contribution in [1.82, 2.24) is 5.32 Å². The molecule has 1 aliphatic heterocycles. The van der Waals surface area contributed by atoms with E-state index < -0.39 is 18.2 Å². The van der Waals surface area contributed by atoms with Crippen LogP contribution in [0.5, 0.6) is 0 Å². The molecule has 0 bridgehead atoms. The Kier molecular flexibility index (Phi) is 6.84. The highest BCUT2D eigenvalue weighted by atomic mass is 16.5. The van der Waals surface area contributed by atoms with Gasteiger partial charge in [-0.2, -0.15) is 0 Å². The standard InChI is InChI=1S/C14H25NO4/c1-3-4-5-6-7-10(2)15-13(16)11-8-9-12(19-11)14(17)18/h10-12H,3-9H2,1-2H3,(H,15,16)(H,17,18)/t10?,11-,12+/m0/s1. The number of unbranched alkanes of at least 4 members (excludes halogenated alkanes) is 3. The fourth-order valence-electron chi connectivity index (χ4n) is 2.30. The molecule has 19 heavy (non-hydrogen) atoms. The molecule has 0 aliphatic carbocycles. The lowest BCUT2D eigenvalue weighted by atomic mass is 10.1. The molecule has 5 nitrogen and oxygen atoms in total. The zero-order chi connectivity index (χ0) is 14.3. The first kappa shape index (κ1) is 16.0. The van der Waals surface area contributed by atoms with Gasteiger partial charge in [0.25, 0.3) is 0 Å². The number of aliphatic carboxylic acids is 1. The van der Waals surface area contributed by atoms with Crippen LogP contribution >= 0.6 is 0 Å². The molecule has 1 aliphatic rings. The van der Waals surface area contributed by atoms with E-state index in [-0.39, 0.29) is 11.9 Å². The summed E-state index contributed by atoms with van der Waals surface area (Å²) < 4.78 is 5.22. The van der Waals surface area contributed by atoms with Crippen molar-refractivity contribution in [2.75, 3.05) is 0 Å². The second-order valence-electron chi connectivity index (χ2n) is 5.29. The molecule has 2 N–H and O–H groups in total. The van der Waals surface area contributed by atoms with Gasteiger partial charge < -0.3 is 15.2 Å². The van der Waals surface area contributed by atoms with E-state index in [4.69, 9.17) is 9.84 Å². The molecule has 1 amide bonds. The number of carbonyl (C=O) groups excluding carboxylic acids is 1. The summed E-state index contributed by atoms with van der Waals surface area (Å²) in [6, 6.07) is 0.122. The Balaban J connectivity index is 2.21. The van der Waals surface area contributed by atoms with Gasteiger partial charge in [0.2, 0.25) is 5.91 Å². The molecule has 5 heteroatoms. The molecule has 0 spiro atoms. The predicted octanol–water partition coefficient (Wildman–Crippen LogP) is 2.09. The topological polar surface area (TPSA) is 75.6 Å². The molecule has 110 valence electrons. The lowest BCUT2D eigenvalue weighted by molar-refractivity contribution is -0.151. The van der Waals surface area contributed by atoms with E-state index >= 15 is 0 Å². The van der Waals surface area contributed by atoms with E-state index in [1.54, 1.807) is 0 Å². The quantitative estimate of drug-likeness (QED) is 0.663. The maximum absolute atomic E-state index is 11.9. The first-order valence-corrected chi connectivity index (χ1v) is 7.23. The number of ether oxygens (including phenoxy) is 1. The Bertz CT molecular complexity index is 306. The van der Waals surface area contributed by atoms with Crippen LogP contribution in [0.15, 0.2) is 0 Å². The number of carboxylic acid groups (broad SMARTS) is 1. The van der Waals surface area contributed by atoms with Gasteiger partial charge in [0.1, 0.15) is 6.10 Å². The average molecular weight is 271 g/mol. The third-order valence-electron chi connectivity index (χ3n) is 3.47. The molecule has 1 saturated heterocycles. The molecule has 1 rings (SSSR count). The predicted molar refractivity (Wildman–Crippen MR) is 71.9 cm³/mol. The molecular formula is C14H25NO4. The molecular weight excluding hydrogens is 246 g/mol.